The van der Waals surface area contributed by atoms with Gasteiger partial charge in [-0.15, -0.1) is 0 Å². The van der Waals surface area contributed by atoms with Gasteiger partial charge in [-0.2, -0.15) is 5.10 Å². The van der Waals surface area contributed by atoms with Crippen LogP contribution < -0.4 is 10.6 Å². The largest absolute Gasteiger partial charge is 0.325 e. The van der Waals surface area contributed by atoms with Crippen LogP contribution in [0.3, 0.4) is 0 Å². The summed E-state index contributed by atoms with van der Waals surface area (Å²) in [5.74, 6) is -0.242. The summed E-state index contributed by atoms with van der Waals surface area (Å²) >= 11 is 0. The summed E-state index contributed by atoms with van der Waals surface area (Å²) < 4.78 is 1.49. The number of carbonyl (C=O) groups excluding carboxylic acids is 2. The third kappa shape index (κ3) is 4.18. The van der Waals surface area contributed by atoms with Crippen LogP contribution in [0.25, 0.3) is 0 Å². The summed E-state index contributed by atoms with van der Waals surface area (Å²) in [6.07, 6.45) is 2.89. The number of nitrogens with zero attached hydrogens (tertiary/aromatic N) is 3. The van der Waals surface area contributed by atoms with E-state index in [-0.39, 0.29) is 11.8 Å². The van der Waals surface area contributed by atoms with Crippen LogP contribution in [0.1, 0.15) is 39.3 Å². The molecule has 1 unspecified atom stereocenters. The fourth-order valence-electron chi connectivity index (χ4n) is 1.98. The molecule has 2 amide bonds. The third-order valence-corrected chi connectivity index (χ3v) is 3.64. The Bertz CT molecular complexity index is 732. The molecule has 2 aromatic rings. The van der Waals surface area contributed by atoms with Crippen molar-refractivity contribution in [3.05, 3.63) is 36.4 Å². The fraction of sp³-hybridized carbons (Fsp3) is 0.412. The van der Waals surface area contributed by atoms with Gasteiger partial charge in [0.25, 0.3) is 0 Å². The number of carbonyl (C=O) groups is 2. The first-order chi connectivity index (χ1) is 11.2. The molecule has 1 atom stereocenters. The molecular weight excluding hydrogens is 306 g/mol. The minimum atomic E-state index is -0.466. The van der Waals surface area contributed by atoms with Crippen molar-refractivity contribution in [1.82, 2.24) is 14.8 Å². The second-order valence-corrected chi connectivity index (χ2v) is 6.77. The molecule has 0 spiro atoms. The maximum absolute atomic E-state index is 12.2. The van der Waals surface area contributed by atoms with E-state index in [1.807, 2.05) is 33.8 Å². The Kier molecular flexibility index (Phi) is 5.02. The molecule has 7 heteroatoms. The van der Waals surface area contributed by atoms with Gasteiger partial charge in [-0.1, -0.05) is 20.8 Å². The minimum absolute atomic E-state index is 0.0535. The highest BCUT2D eigenvalue weighted by Crippen LogP contribution is 2.23. The van der Waals surface area contributed by atoms with Crippen molar-refractivity contribution in [2.75, 3.05) is 10.6 Å². The number of nitrogens with one attached hydrogen (secondary N) is 2. The van der Waals surface area contributed by atoms with Crippen molar-refractivity contribution in [3.63, 3.8) is 0 Å². The number of anilines is 2. The first-order valence-corrected chi connectivity index (χ1v) is 7.75. The molecule has 0 aliphatic rings. The van der Waals surface area contributed by atoms with Crippen molar-refractivity contribution >= 4 is 23.2 Å². The average Bonchev–Trinajstić information content (AvgIpc) is 3.02. The highest BCUT2D eigenvalue weighted by atomic mass is 16.2. The molecule has 1 aromatic heterocycles. The molecule has 128 valence electrons. The predicted octanol–water partition coefficient (Wildman–Crippen LogP) is 2.77. The van der Waals surface area contributed by atoms with E-state index in [0.717, 1.165) is 11.3 Å². The normalized spacial score (nSPS) is 12.5. The van der Waals surface area contributed by atoms with Gasteiger partial charge in [0.15, 0.2) is 0 Å². The zero-order chi connectivity index (χ0) is 17.9. The number of amides is 2. The van der Waals surface area contributed by atoms with E-state index in [1.54, 1.807) is 19.1 Å². The number of hydrogen-bond acceptors (Lipinski definition) is 4. The molecule has 7 nitrogen and oxygen atoms in total. The lowest BCUT2D eigenvalue weighted by molar-refractivity contribution is -0.123. The van der Waals surface area contributed by atoms with Gasteiger partial charge in [0.1, 0.15) is 18.7 Å². The molecule has 0 aliphatic carbocycles. The highest BCUT2D eigenvalue weighted by Gasteiger charge is 2.22. The van der Waals surface area contributed by atoms with Gasteiger partial charge in [-0.25, -0.2) is 9.67 Å². The Labute approximate surface area is 141 Å². The fourth-order valence-corrected chi connectivity index (χ4v) is 1.98. The zero-order valence-electron chi connectivity index (χ0n) is 14.6. The van der Waals surface area contributed by atoms with Crippen molar-refractivity contribution in [3.8, 4) is 0 Å². The van der Waals surface area contributed by atoms with Crippen LogP contribution in [0, 0.1) is 12.3 Å². The van der Waals surface area contributed by atoms with Crippen LogP contribution in [0.2, 0.25) is 0 Å². The van der Waals surface area contributed by atoms with Crippen LogP contribution in [0.5, 0.6) is 0 Å². The number of benzene rings is 1. The van der Waals surface area contributed by atoms with Crippen molar-refractivity contribution in [2.24, 2.45) is 5.41 Å². The quantitative estimate of drug-likeness (QED) is 0.902. The van der Waals surface area contributed by atoms with Gasteiger partial charge in [-0.05, 0) is 37.6 Å². The zero-order valence-corrected chi connectivity index (χ0v) is 14.6. The summed E-state index contributed by atoms with van der Waals surface area (Å²) in [6.45, 7) is 9.21. The first kappa shape index (κ1) is 17.7. The number of aryl methyl sites for hydroxylation is 1. The maximum atomic E-state index is 12.2. The molecule has 0 fully saturated rings. The second-order valence-electron chi connectivity index (χ2n) is 6.77. The van der Waals surface area contributed by atoms with Crippen LogP contribution in [-0.2, 0) is 9.59 Å². The molecule has 2 N–H and O–H groups in total. The molecule has 1 heterocycles. The molecule has 0 bridgehead atoms. The van der Waals surface area contributed by atoms with Gasteiger partial charge >= 0.3 is 0 Å². The predicted molar refractivity (Wildman–Crippen MR) is 92.6 cm³/mol. The summed E-state index contributed by atoms with van der Waals surface area (Å²) in [5.41, 5.74) is 1.81. The lowest BCUT2D eigenvalue weighted by Crippen LogP contribution is -2.28. The van der Waals surface area contributed by atoms with E-state index < -0.39 is 11.5 Å². The highest BCUT2D eigenvalue weighted by molar-refractivity contribution is 5.96. The second kappa shape index (κ2) is 6.82. The Morgan fingerprint density at radius 1 is 1.21 bits per heavy atom. The molecule has 24 heavy (non-hydrogen) atoms. The lowest BCUT2D eigenvalue weighted by atomic mass is 9.95. The van der Waals surface area contributed by atoms with E-state index in [0.29, 0.717) is 5.69 Å². The lowest BCUT2D eigenvalue weighted by Gasteiger charge is -2.19. The molecule has 0 saturated heterocycles. The summed E-state index contributed by atoms with van der Waals surface area (Å²) in [5, 5.41) is 9.71. The van der Waals surface area contributed by atoms with Crippen LogP contribution in [0.4, 0.5) is 11.4 Å². The Balaban J connectivity index is 2.07. The summed E-state index contributed by atoms with van der Waals surface area (Å²) in [4.78, 5) is 28.2. The van der Waals surface area contributed by atoms with E-state index in [2.05, 4.69) is 20.7 Å². The summed E-state index contributed by atoms with van der Waals surface area (Å²) in [6, 6.07) is 4.91. The SMILES string of the molecule is Cc1cc(NC(=O)C(C)n2cncn2)ccc1NC(=O)C(C)(C)C. The van der Waals surface area contributed by atoms with E-state index >= 15 is 0 Å². The smallest absolute Gasteiger partial charge is 0.249 e. The average molecular weight is 329 g/mol. The molecule has 2 rings (SSSR count). The maximum Gasteiger partial charge on any atom is 0.249 e. The molecule has 0 radical (unpaired) electrons. The third-order valence-electron chi connectivity index (χ3n) is 3.64. The summed E-state index contributed by atoms with van der Waals surface area (Å²) in [7, 11) is 0. The number of rotatable bonds is 4. The monoisotopic (exact) mass is 329 g/mol. The molecule has 0 saturated carbocycles. The number of hydrogen-bond donors (Lipinski definition) is 2. The topological polar surface area (TPSA) is 88.9 Å². The molecule has 1 aromatic carbocycles. The van der Waals surface area contributed by atoms with E-state index in [9.17, 15) is 9.59 Å². The number of aromatic nitrogens is 3. The van der Waals surface area contributed by atoms with E-state index in [4.69, 9.17) is 0 Å². The standard InChI is InChI=1S/C17H23N5O2/c1-11-8-13(6-7-14(11)21-16(24)17(3,4)5)20-15(23)12(2)22-10-18-9-19-22/h6-10,12H,1-5H3,(H,20,23)(H,21,24). The minimum Gasteiger partial charge on any atom is -0.325 e. The Morgan fingerprint density at radius 3 is 2.46 bits per heavy atom. The molecular formula is C17H23N5O2. The van der Waals surface area contributed by atoms with Gasteiger partial charge in [0.2, 0.25) is 11.8 Å². The Morgan fingerprint density at radius 2 is 1.92 bits per heavy atom. The van der Waals surface area contributed by atoms with Crippen molar-refractivity contribution in [2.45, 2.75) is 40.7 Å². The van der Waals surface area contributed by atoms with Crippen LogP contribution >= 0.6 is 0 Å². The van der Waals surface area contributed by atoms with Crippen LogP contribution in [0.15, 0.2) is 30.9 Å². The van der Waals surface area contributed by atoms with E-state index in [1.165, 1.54) is 17.3 Å². The van der Waals surface area contributed by atoms with Gasteiger partial charge in [0, 0.05) is 16.8 Å². The first-order valence-electron chi connectivity index (χ1n) is 7.75. The van der Waals surface area contributed by atoms with Crippen molar-refractivity contribution < 1.29 is 9.59 Å². The van der Waals surface area contributed by atoms with Gasteiger partial charge in [-0.3, -0.25) is 9.59 Å². The van der Waals surface area contributed by atoms with Gasteiger partial charge < -0.3 is 10.6 Å². The Hall–Kier alpha value is -2.70. The van der Waals surface area contributed by atoms with Crippen molar-refractivity contribution in [1.29, 1.82) is 0 Å². The molecule has 0 aliphatic heterocycles. The van der Waals surface area contributed by atoms with Crippen LogP contribution in [-0.4, -0.2) is 26.6 Å². The van der Waals surface area contributed by atoms with Gasteiger partial charge in [0.05, 0.1) is 0 Å².